The van der Waals surface area contributed by atoms with Gasteiger partial charge in [-0.3, -0.25) is 0 Å². The molecule has 0 saturated carbocycles. The third kappa shape index (κ3) is 5.66. The molecule has 0 saturated heterocycles. The van der Waals surface area contributed by atoms with E-state index in [4.69, 9.17) is 5.26 Å². The quantitative estimate of drug-likeness (QED) is 0.561. The Hall–Kier alpha value is -3.16. The lowest BCUT2D eigenvalue weighted by Gasteiger charge is -2.28. The number of benzene rings is 2. The van der Waals surface area contributed by atoms with Crippen LogP contribution in [0.1, 0.15) is 48.1 Å². The Kier molecular flexibility index (Phi) is 6.99. The van der Waals surface area contributed by atoms with E-state index in [1.165, 1.54) is 11.1 Å². The summed E-state index contributed by atoms with van der Waals surface area (Å²) in [6.45, 7) is 7.26. The summed E-state index contributed by atoms with van der Waals surface area (Å²) in [5, 5.41) is 16.3. The number of aryl methyl sites for hydroxylation is 1. The molecule has 148 valence electrons. The summed E-state index contributed by atoms with van der Waals surface area (Å²) in [6, 6.07) is 24.9. The molecule has 0 aliphatic carbocycles. The Bertz CT molecular complexity index is 927. The van der Waals surface area contributed by atoms with E-state index in [9.17, 15) is 0 Å². The molecule has 2 aromatic carbocycles. The van der Waals surface area contributed by atoms with Crippen molar-refractivity contribution in [2.45, 2.75) is 38.8 Å². The van der Waals surface area contributed by atoms with Crippen LogP contribution in [-0.2, 0) is 0 Å². The van der Waals surface area contributed by atoms with Crippen molar-refractivity contribution in [1.29, 1.82) is 5.26 Å². The number of aromatic nitrogens is 1. The fourth-order valence-electron chi connectivity index (χ4n) is 3.42. The first-order valence-electron chi connectivity index (χ1n) is 10.0. The zero-order chi connectivity index (χ0) is 20.6. The van der Waals surface area contributed by atoms with E-state index in [0.717, 1.165) is 17.9 Å². The summed E-state index contributed by atoms with van der Waals surface area (Å²) in [6.07, 6.45) is 1.88. The SMILES string of the molecule is Cc1ccc(NC(C)C(NCC(C)c2ccc(C#N)cc2)c2ccccc2)nc1. The number of anilines is 1. The standard InChI is InChI=1S/C25H28N4/c1-18-9-14-24(27-16-18)29-20(3)25(23-7-5-4-6-8-23)28-17-19(2)22-12-10-21(15-26)11-13-22/h4-14,16,19-20,25,28H,17H2,1-3H3,(H,27,29). The molecular formula is C25H28N4. The van der Waals surface area contributed by atoms with Gasteiger partial charge in [0.05, 0.1) is 17.7 Å². The molecule has 3 atom stereocenters. The van der Waals surface area contributed by atoms with Gasteiger partial charge < -0.3 is 10.6 Å². The lowest BCUT2D eigenvalue weighted by molar-refractivity contribution is 0.464. The highest BCUT2D eigenvalue weighted by atomic mass is 15.1. The summed E-state index contributed by atoms with van der Waals surface area (Å²) < 4.78 is 0. The number of hydrogen-bond acceptors (Lipinski definition) is 4. The van der Waals surface area contributed by atoms with Gasteiger partial charge in [-0.1, -0.05) is 55.5 Å². The molecular weight excluding hydrogens is 356 g/mol. The molecule has 3 rings (SSSR count). The highest BCUT2D eigenvalue weighted by molar-refractivity contribution is 5.38. The molecule has 3 aromatic rings. The van der Waals surface area contributed by atoms with E-state index in [0.29, 0.717) is 11.5 Å². The van der Waals surface area contributed by atoms with Crippen LogP contribution in [0.2, 0.25) is 0 Å². The van der Waals surface area contributed by atoms with Crippen LogP contribution in [0, 0.1) is 18.3 Å². The maximum absolute atomic E-state index is 8.99. The highest BCUT2D eigenvalue weighted by Gasteiger charge is 2.20. The zero-order valence-corrected chi connectivity index (χ0v) is 17.3. The zero-order valence-electron chi connectivity index (χ0n) is 17.3. The van der Waals surface area contributed by atoms with E-state index in [-0.39, 0.29) is 12.1 Å². The number of nitrogens with one attached hydrogen (secondary N) is 2. The summed E-state index contributed by atoms with van der Waals surface area (Å²) in [5.74, 6) is 1.21. The smallest absolute Gasteiger partial charge is 0.126 e. The van der Waals surface area contributed by atoms with Gasteiger partial charge in [-0.05, 0) is 54.7 Å². The second-order valence-electron chi connectivity index (χ2n) is 7.59. The van der Waals surface area contributed by atoms with Crippen molar-refractivity contribution in [2.24, 2.45) is 0 Å². The van der Waals surface area contributed by atoms with Crippen LogP contribution in [0.5, 0.6) is 0 Å². The minimum absolute atomic E-state index is 0.139. The van der Waals surface area contributed by atoms with Gasteiger partial charge >= 0.3 is 0 Å². The minimum Gasteiger partial charge on any atom is -0.366 e. The first-order valence-corrected chi connectivity index (χ1v) is 10.0. The Morgan fingerprint density at radius 1 is 0.931 bits per heavy atom. The van der Waals surface area contributed by atoms with Gasteiger partial charge in [0.2, 0.25) is 0 Å². The van der Waals surface area contributed by atoms with Crippen LogP contribution in [0.15, 0.2) is 72.9 Å². The molecule has 2 N–H and O–H groups in total. The van der Waals surface area contributed by atoms with Crippen molar-refractivity contribution in [3.8, 4) is 6.07 Å². The predicted octanol–water partition coefficient (Wildman–Crippen LogP) is 5.20. The number of pyridine rings is 1. The highest BCUT2D eigenvalue weighted by Crippen LogP contribution is 2.22. The molecule has 3 unspecified atom stereocenters. The van der Waals surface area contributed by atoms with E-state index >= 15 is 0 Å². The fourth-order valence-corrected chi connectivity index (χ4v) is 3.42. The molecule has 0 spiro atoms. The molecule has 4 heteroatoms. The van der Waals surface area contributed by atoms with Gasteiger partial charge in [-0.25, -0.2) is 4.98 Å². The maximum Gasteiger partial charge on any atom is 0.126 e. The lowest BCUT2D eigenvalue weighted by atomic mass is 9.96. The van der Waals surface area contributed by atoms with Crippen LogP contribution in [0.3, 0.4) is 0 Å². The van der Waals surface area contributed by atoms with Gasteiger partial charge in [-0.2, -0.15) is 5.26 Å². The second-order valence-corrected chi connectivity index (χ2v) is 7.59. The lowest BCUT2D eigenvalue weighted by Crippen LogP contribution is -2.37. The molecule has 4 nitrogen and oxygen atoms in total. The second kappa shape index (κ2) is 9.86. The number of nitrogens with zero attached hydrogens (tertiary/aromatic N) is 2. The number of nitriles is 1. The average Bonchev–Trinajstić information content (AvgIpc) is 2.76. The average molecular weight is 385 g/mol. The van der Waals surface area contributed by atoms with Crippen molar-refractivity contribution < 1.29 is 0 Å². The van der Waals surface area contributed by atoms with Crippen LogP contribution < -0.4 is 10.6 Å². The van der Waals surface area contributed by atoms with Crippen LogP contribution in [0.25, 0.3) is 0 Å². The Labute approximate surface area is 173 Å². The van der Waals surface area contributed by atoms with Gasteiger partial charge in [0, 0.05) is 18.8 Å². The van der Waals surface area contributed by atoms with Gasteiger partial charge in [0.25, 0.3) is 0 Å². The Morgan fingerprint density at radius 2 is 1.66 bits per heavy atom. The minimum atomic E-state index is 0.139. The van der Waals surface area contributed by atoms with E-state index < -0.39 is 0 Å². The maximum atomic E-state index is 8.99. The van der Waals surface area contributed by atoms with E-state index in [1.54, 1.807) is 0 Å². The van der Waals surface area contributed by atoms with Crippen LogP contribution >= 0.6 is 0 Å². The third-order valence-corrected chi connectivity index (χ3v) is 5.20. The molecule has 0 bridgehead atoms. The summed E-state index contributed by atoms with van der Waals surface area (Å²) in [7, 11) is 0. The summed E-state index contributed by atoms with van der Waals surface area (Å²) >= 11 is 0. The predicted molar refractivity (Wildman–Crippen MR) is 119 cm³/mol. The van der Waals surface area contributed by atoms with Gasteiger partial charge in [0.1, 0.15) is 5.82 Å². The van der Waals surface area contributed by atoms with Crippen molar-refractivity contribution in [3.63, 3.8) is 0 Å². The monoisotopic (exact) mass is 384 g/mol. The van der Waals surface area contributed by atoms with Crippen molar-refractivity contribution >= 4 is 5.82 Å². The van der Waals surface area contributed by atoms with Gasteiger partial charge in [-0.15, -0.1) is 0 Å². The van der Waals surface area contributed by atoms with Crippen molar-refractivity contribution in [3.05, 3.63) is 95.2 Å². The molecule has 0 aliphatic rings. The van der Waals surface area contributed by atoms with E-state index in [1.807, 2.05) is 49.5 Å². The van der Waals surface area contributed by atoms with Gasteiger partial charge in [0.15, 0.2) is 0 Å². The first-order chi connectivity index (χ1) is 14.1. The fraction of sp³-hybridized carbons (Fsp3) is 0.280. The number of hydrogen-bond donors (Lipinski definition) is 2. The van der Waals surface area contributed by atoms with Crippen LogP contribution in [-0.4, -0.2) is 17.6 Å². The molecule has 1 heterocycles. The van der Waals surface area contributed by atoms with Crippen LogP contribution in [0.4, 0.5) is 5.82 Å². The molecule has 0 amide bonds. The molecule has 29 heavy (non-hydrogen) atoms. The molecule has 0 aliphatic heterocycles. The Balaban J connectivity index is 1.71. The topological polar surface area (TPSA) is 60.7 Å². The number of rotatable bonds is 8. The third-order valence-electron chi connectivity index (χ3n) is 5.20. The van der Waals surface area contributed by atoms with Crippen molar-refractivity contribution in [1.82, 2.24) is 10.3 Å². The Morgan fingerprint density at radius 3 is 2.28 bits per heavy atom. The normalized spacial score (nSPS) is 13.9. The summed E-state index contributed by atoms with van der Waals surface area (Å²) in [4.78, 5) is 4.49. The molecule has 0 radical (unpaired) electrons. The molecule has 1 aromatic heterocycles. The first kappa shape index (κ1) is 20.6. The summed E-state index contributed by atoms with van der Waals surface area (Å²) in [5.41, 5.74) is 4.31. The van der Waals surface area contributed by atoms with E-state index in [2.05, 4.69) is 65.9 Å². The van der Waals surface area contributed by atoms with Crippen molar-refractivity contribution in [2.75, 3.05) is 11.9 Å². The largest absolute Gasteiger partial charge is 0.366 e. The molecule has 0 fully saturated rings.